The van der Waals surface area contributed by atoms with Crippen molar-refractivity contribution in [2.45, 2.75) is 0 Å². The number of hydrogen-bond donors (Lipinski definition) is 1. The molecule has 0 atom stereocenters. The molecule has 0 aliphatic carbocycles. The molecular weight excluding hydrogens is 536 g/mol. The van der Waals surface area contributed by atoms with E-state index < -0.39 is 0 Å². The van der Waals surface area contributed by atoms with Gasteiger partial charge in [-0.2, -0.15) is 5.10 Å². The van der Waals surface area contributed by atoms with E-state index in [0.717, 1.165) is 28.4 Å². The van der Waals surface area contributed by atoms with Crippen LogP contribution in [0.5, 0.6) is 5.75 Å². The molecular formula is C17H11Br3N2O2S. The zero-order valence-corrected chi connectivity index (χ0v) is 18.2. The van der Waals surface area contributed by atoms with Crippen LogP contribution in [0, 0.1) is 0 Å². The number of hydrogen-bond acceptors (Lipinski definition) is 4. The van der Waals surface area contributed by atoms with Crippen molar-refractivity contribution in [2.75, 3.05) is 6.61 Å². The van der Waals surface area contributed by atoms with Gasteiger partial charge in [0.25, 0.3) is 5.91 Å². The summed E-state index contributed by atoms with van der Waals surface area (Å²) in [5.74, 6) is 0.283. The zero-order valence-electron chi connectivity index (χ0n) is 12.6. The molecule has 1 amide bonds. The van der Waals surface area contributed by atoms with Crippen LogP contribution >= 0.6 is 59.1 Å². The molecule has 0 saturated carbocycles. The normalized spacial score (nSPS) is 11.2. The third-order valence-corrected chi connectivity index (χ3v) is 6.08. The fourth-order valence-electron chi connectivity index (χ4n) is 2.10. The second kappa shape index (κ2) is 8.44. The largest absolute Gasteiger partial charge is 0.483 e. The first-order valence-corrected chi connectivity index (χ1v) is 10.3. The predicted molar refractivity (Wildman–Crippen MR) is 113 cm³/mol. The van der Waals surface area contributed by atoms with Gasteiger partial charge in [0.2, 0.25) is 0 Å². The molecule has 3 aromatic rings. The minimum atomic E-state index is -0.324. The molecule has 0 fully saturated rings. The molecule has 0 unspecified atom stereocenters. The third kappa shape index (κ3) is 4.91. The number of hydrazone groups is 1. The first-order valence-electron chi connectivity index (χ1n) is 7.11. The molecule has 25 heavy (non-hydrogen) atoms. The van der Waals surface area contributed by atoms with E-state index in [1.165, 1.54) is 11.3 Å². The quantitative estimate of drug-likeness (QED) is 0.329. The highest BCUT2D eigenvalue weighted by Crippen LogP contribution is 2.34. The van der Waals surface area contributed by atoms with Crippen LogP contribution in [0.4, 0.5) is 0 Å². The number of thiophene rings is 1. The summed E-state index contributed by atoms with van der Waals surface area (Å²) in [6.07, 6.45) is 1.59. The Morgan fingerprint density at radius 1 is 1.16 bits per heavy atom. The standard InChI is InChI=1S/C17H11Br3N2O2S/c18-11-2-4-13-10(7-11)1-5-14(17(13)20)24-9-16(23)22-21-8-12-3-6-15(19)25-12/h1-8H,9H2,(H,22,23)/b21-8+. The Kier molecular flexibility index (Phi) is 6.27. The number of nitrogens with one attached hydrogen (secondary N) is 1. The summed E-state index contributed by atoms with van der Waals surface area (Å²) in [6.45, 7) is -0.119. The summed E-state index contributed by atoms with van der Waals surface area (Å²) in [6, 6.07) is 13.6. The number of halogens is 3. The maximum absolute atomic E-state index is 11.9. The molecule has 0 aliphatic heterocycles. The Morgan fingerprint density at radius 2 is 2.00 bits per heavy atom. The third-order valence-electron chi connectivity index (χ3n) is 3.21. The molecule has 3 rings (SSSR count). The number of carbonyl (C=O) groups is 1. The predicted octanol–water partition coefficient (Wildman–Crippen LogP) is 5.72. The molecule has 1 aromatic heterocycles. The molecule has 1 N–H and O–H groups in total. The van der Waals surface area contributed by atoms with Crippen molar-refractivity contribution in [3.8, 4) is 5.75 Å². The van der Waals surface area contributed by atoms with Gasteiger partial charge in [-0.15, -0.1) is 11.3 Å². The van der Waals surface area contributed by atoms with E-state index in [4.69, 9.17) is 4.74 Å². The first kappa shape index (κ1) is 18.6. The van der Waals surface area contributed by atoms with Crippen LogP contribution in [0.15, 0.2) is 60.3 Å². The number of ether oxygens (including phenoxy) is 1. The lowest BCUT2D eigenvalue weighted by Gasteiger charge is -2.10. The van der Waals surface area contributed by atoms with Gasteiger partial charge in [-0.1, -0.05) is 28.1 Å². The van der Waals surface area contributed by atoms with Crippen molar-refractivity contribution in [1.82, 2.24) is 5.43 Å². The van der Waals surface area contributed by atoms with Gasteiger partial charge in [-0.3, -0.25) is 4.79 Å². The molecule has 1 heterocycles. The summed E-state index contributed by atoms with van der Waals surface area (Å²) < 4.78 is 8.43. The van der Waals surface area contributed by atoms with Gasteiger partial charge in [-0.05, 0) is 73.0 Å². The smallest absolute Gasteiger partial charge is 0.277 e. The molecule has 0 spiro atoms. The van der Waals surface area contributed by atoms with Crippen molar-refractivity contribution in [3.05, 3.63) is 60.1 Å². The fourth-order valence-corrected chi connectivity index (χ4v) is 4.38. The lowest BCUT2D eigenvalue weighted by atomic mass is 10.1. The van der Waals surface area contributed by atoms with Gasteiger partial charge < -0.3 is 4.74 Å². The molecule has 0 saturated heterocycles. The van der Waals surface area contributed by atoms with Crippen LogP contribution in [-0.2, 0) is 4.79 Å². The number of benzene rings is 2. The number of carbonyl (C=O) groups excluding carboxylic acids is 1. The lowest BCUT2D eigenvalue weighted by molar-refractivity contribution is -0.123. The molecule has 128 valence electrons. The number of nitrogens with zero attached hydrogens (tertiary/aromatic N) is 1. The average Bonchev–Trinajstić information content (AvgIpc) is 2.99. The Hall–Kier alpha value is -1.22. The monoisotopic (exact) mass is 544 g/mol. The molecule has 8 heteroatoms. The second-order valence-electron chi connectivity index (χ2n) is 4.97. The molecule has 0 radical (unpaired) electrons. The van der Waals surface area contributed by atoms with E-state index in [2.05, 4.69) is 58.3 Å². The van der Waals surface area contributed by atoms with Crippen LogP contribution < -0.4 is 10.2 Å². The van der Waals surface area contributed by atoms with Gasteiger partial charge in [0.1, 0.15) is 5.75 Å². The number of fused-ring (bicyclic) bond motifs is 1. The van der Waals surface area contributed by atoms with Crippen LogP contribution in [0.25, 0.3) is 10.8 Å². The van der Waals surface area contributed by atoms with Crippen molar-refractivity contribution < 1.29 is 9.53 Å². The molecule has 4 nitrogen and oxygen atoms in total. The second-order valence-corrected chi connectivity index (χ2v) is 9.17. The summed E-state index contributed by atoms with van der Waals surface area (Å²) in [4.78, 5) is 12.8. The average molecular weight is 547 g/mol. The van der Waals surface area contributed by atoms with Crippen LogP contribution in [0.2, 0.25) is 0 Å². The van der Waals surface area contributed by atoms with Gasteiger partial charge in [0.05, 0.1) is 14.5 Å². The van der Waals surface area contributed by atoms with Gasteiger partial charge in [0, 0.05) is 9.35 Å². The summed E-state index contributed by atoms with van der Waals surface area (Å²) >= 11 is 11.9. The molecule has 0 bridgehead atoms. The molecule has 0 aliphatic rings. The first-order chi connectivity index (χ1) is 12.0. The zero-order chi connectivity index (χ0) is 17.8. The minimum Gasteiger partial charge on any atom is -0.483 e. The van der Waals surface area contributed by atoms with E-state index in [-0.39, 0.29) is 12.5 Å². The van der Waals surface area contributed by atoms with E-state index in [1.807, 2.05) is 42.5 Å². The highest BCUT2D eigenvalue weighted by molar-refractivity contribution is 9.11. The van der Waals surface area contributed by atoms with Crippen molar-refractivity contribution in [1.29, 1.82) is 0 Å². The SMILES string of the molecule is O=C(COc1ccc2cc(Br)ccc2c1Br)N/N=C/c1ccc(Br)s1. The topological polar surface area (TPSA) is 50.7 Å². The van der Waals surface area contributed by atoms with Gasteiger partial charge in [-0.25, -0.2) is 5.43 Å². The molecule has 2 aromatic carbocycles. The van der Waals surface area contributed by atoms with Crippen LogP contribution in [-0.4, -0.2) is 18.7 Å². The van der Waals surface area contributed by atoms with Gasteiger partial charge >= 0.3 is 0 Å². The lowest BCUT2D eigenvalue weighted by Crippen LogP contribution is -2.24. The van der Waals surface area contributed by atoms with Crippen molar-refractivity contribution in [3.63, 3.8) is 0 Å². The summed E-state index contributed by atoms with van der Waals surface area (Å²) in [7, 11) is 0. The Bertz CT molecular complexity index is 956. The number of amides is 1. The van der Waals surface area contributed by atoms with Crippen LogP contribution in [0.1, 0.15) is 4.88 Å². The maximum Gasteiger partial charge on any atom is 0.277 e. The summed E-state index contributed by atoms with van der Waals surface area (Å²) in [5.41, 5.74) is 2.45. The minimum absolute atomic E-state index is 0.119. The Morgan fingerprint density at radius 3 is 2.76 bits per heavy atom. The highest BCUT2D eigenvalue weighted by atomic mass is 79.9. The summed E-state index contributed by atoms with van der Waals surface area (Å²) in [5, 5.41) is 6.01. The van der Waals surface area contributed by atoms with E-state index in [9.17, 15) is 4.79 Å². The van der Waals surface area contributed by atoms with E-state index in [1.54, 1.807) is 6.21 Å². The Balaban J connectivity index is 1.60. The van der Waals surface area contributed by atoms with E-state index >= 15 is 0 Å². The maximum atomic E-state index is 11.9. The number of rotatable bonds is 5. The Labute approximate surface area is 173 Å². The van der Waals surface area contributed by atoms with Crippen LogP contribution in [0.3, 0.4) is 0 Å². The van der Waals surface area contributed by atoms with Gasteiger partial charge in [0.15, 0.2) is 6.61 Å². The highest BCUT2D eigenvalue weighted by Gasteiger charge is 2.09. The fraction of sp³-hybridized carbons (Fsp3) is 0.0588. The van der Waals surface area contributed by atoms with E-state index in [0.29, 0.717) is 5.75 Å². The van der Waals surface area contributed by atoms with Crippen molar-refractivity contribution in [2.24, 2.45) is 5.10 Å². The van der Waals surface area contributed by atoms with Crippen molar-refractivity contribution >= 4 is 82.0 Å².